The molecule has 0 bridgehead atoms. The highest BCUT2D eigenvalue weighted by atomic mass is 16.7. The molecule has 0 atom stereocenters. The highest BCUT2D eigenvalue weighted by molar-refractivity contribution is 5.87. The Morgan fingerprint density at radius 3 is 1.40 bits per heavy atom. The van der Waals surface area contributed by atoms with Gasteiger partial charge < -0.3 is 5.11 Å². The molecule has 0 heterocycles. The van der Waals surface area contributed by atoms with Crippen LogP contribution in [0.15, 0.2) is 12.2 Å². The quantitative estimate of drug-likeness (QED) is 0.270. The van der Waals surface area contributed by atoms with Crippen LogP contribution < -0.4 is 0 Å². The predicted molar refractivity (Wildman–Crippen MR) is 40.5 cm³/mol. The largest absolute Gasteiger partial charge is 0.735 e. The van der Waals surface area contributed by atoms with Crippen LogP contribution >= 0.6 is 0 Å². The lowest BCUT2D eigenvalue weighted by Crippen LogP contribution is -2.56. The van der Waals surface area contributed by atoms with E-state index >= 15 is 0 Å². The van der Waals surface area contributed by atoms with Crippen molar-refractivity contribution in [1.82, 2.24) is 0 Å². The molecule has 0 rings (SSSR count). The molecule has 0 saturated carbocycles. The first-order valence-corrected chi connectivity index (χ1v) is 3.05. The average Bonchev–Trinajstić information content (AvgIpc) is 2.02. The first kappa shape index (κ1) is 12.4. The van der Waals surface area contributed by atoms with Gasteiger partial charge in [-0.3, -0.25) is 30.3 Å². The number of carboxylic acids is 1. The third kappa shape index (κ3) is 1.56. The van der Waals surface area contributed by atoms with Gasteiger partial charge in [0.25, 0.3) is 5.57 Å². The van der Waals surface area contributed by atoms with Crippen molar-refractivity contribution in [2.24, 2.45) is 0 Å². The normalized spacial score (nSPS) is 10.4. The standard InChI is InChI=1S/C4H3N3O8/c1-2(3(8)9)4(5(10)11,6(12)13)7(14)15/h1H2,(H,8,9). The topological polar surface area (TPSA) is 167 Å². The highest BCUT2D eigenvalue weighted by Gasteiger charge is 2.75. The lowest BCUT2D eigenvalue weighted by molar-refractivity contribution is -0.956. The van der Waals surface area contributed by atoms with Gasteiger partial charge in [-0.2, -0.15) is 0 Å². The number of nitrogens with zero attached hydrogens (tertiary/aromatic N) is 3. The zero-order valence-electron chi connectivity index (χ0n) is 6.85. The summed E-state index contributed by atoms with van der Waals surface area (Å²) >= 11 is 0. The van der Waals surface area contributed by atoms with E-state index in [4.69, 9.17) is 5.11 Å². The monoisotopic (exact) mass is 221 g/mol. The first-order valence-electron chi connectivity index (χ1n) is 3.05. The van der Waals surface area contributed by atoms with E-state index in [9.17, 15) is 35.1 Å². The minimum atomic E-state index is -4.15. The van der Waals surface area contributed by atoms with Crippen molar-refractivity contribution in [2.75, 3.05) is 0 Å². The maximum absolute atomic E-state index is 10.2. The summed E-state index contributed by atoms with van der Waals surface area (Å²) in [4.78, 5) is 35.2. The summed E-state index contributed by atoms with van der Waals surface area (Å²) in [5.74, 6) is -6.34. The number of rotatable bonds is 5. The Bertz CT molecular complexity index is 336. The van der Waals surface area contributed by atoms with E-state index in [1.165, 1.54) is 0 Å². The molecule has 82 valence electrons. The molecule has 1 N–H and O–H groups in total. The number of hydrogen-bond donors (Lipinski definition) is 1. The molecule has 0 aromatic heterocycles. The molecule has 11 nitrogen and oxygen atoms in total. The van der Waals surface area contributed by atoms with Gasteiger partial charge in [-0.25, -0.2) is 4.79 Å². The van der Waals surface area contributed by atoms with Crippen LogP contribution in [0.2, 0.25) is 0 Å². The van der Waals surface area contributed by atoms with Gasteiger partial charge in [0.15, 0.2) is 14.8 Å². The van der Waals surface area contributed by atoms with Gasteiger partial charge in [0.1, 0.15) is 0 Å². The number of hydrogen-bond acceptors (Lipinski definition) is 7. The smallest absolute Gasteiger partial charge is 0.477 e. The van der Waals surface area contributed by atoms with Gasteiger partial charge in [0.05, 0.1) is 0 Å². The highest BCUT2D eigenvalue weighted by Crippen LogP contribution is 2.21. The fraction of sp³-hybridized carbons (Fsp3) is 0.250. The van der Waals surface area contributed by atoms with Gasteiger partial charge in [-0.05, 0) is 0 Å². The van der Waals surface area contributed by atoms with Gasteiger partial charge >= 0.3 is 11.8 Å². The molecule has 0 aromatic rings. The van der Waals surface area contributed by atoms with Crippen LogP contribution in [-0.4, -0.2) is 31.6 Å². The summed E-state index contributed by atoms with van der Waals surface area (Å²) in [5, 5.41) is 39.0. The lowest BCUT2D eigenvalue weighted by Gasteiger charge is -2.07. The summed E-state index contributed by atoms with van der Waals surface area (Å²) < 4.78 is 0. The Labute approximate surface area is 80.1 Å². The van der Waals surface area contributed by atoms with Crippen LogP contribution in [0.5, 0.6) is 0 Å². The van der Waals surface area contributed by atoms with Crippen molar-refractivity contribution >= 4 is 5.97 Å². The fourth-order valence-electron chi connectivity index (χ4n) is 0.674. The summed E-state index contributed by atoms with van der Waals surface area (Å²) in [7, 11) is 0. The van der Waals surface area contributed by atoms with Crippen molar-refractivity contribution in [3.63, 3.8) is 0 Å². The van der Waals surface area contributed by atoms with E-state index in [-0.39, 0.29) is 0 Å². The van der Waals surface area contributed by atoms with Crippen molar-refractivity contribution in [1.29, 1.82) is 0 Å². The number of carbonyl (C=O) groups is 1. The Hall–Kier alpha value is -2.59. The second kappa shape index (κ2) is 3.65. The zero-order chi connectivity index (χ0) is 12.4. The van der Waals surface area contributed by atoms with E-state index < -0.39 is 32.1 Å². The molecule has 0 aliphatic carbocycles. The predicted octanol–water partition coefficient (Wildman–Crippen LogP) is -0.889. The summed E-state index contributed by atoms with van der Waals surface area (Å²) in [6.07, 6.45) is 0. The minimum Gasteiger partial charge on any atom is -0.477 e. The third-order valence-corrected chi connectivity index (χ3v) is 1.43. The molecular weight excluding hydrogens is 218 g/mol. The van der Waals surface area contributed by atoms with Crippen LogP contribution in [0.1, 0.15) is 0 Å². The molecule has 0 radical (unpaired) electrons. The fourth-order valence-corrected chi connectivity index (χ4v) is 0.674. The Kier molecular flexibility index (Phi) is 3.02. The van der Waals surface area contributed by atoms with Crippen LogP contribution in [0.3, 0.4) is 0 Å². The molecular formula is C4H3N3O8. The van der Waals surface area contributed by atoms with Gasteiger partial charge in [0.2, 0.25) is 0 Å². The van der Waals surface area contributed by atoms with Gasteiger partial charge in [0, 0.05) is 0 Å². The van der Waals surface area contributed by atoms with E-state index in [1.54, 1.807) is 0 Å². The van der Waals surface area contributed by atoms with Gasteiger partial charge in [-0.15, -0.1) is 0 Å². The van der Waals surface area contributed by atoms with Crippen LogP contribution in [0, 0.1) is 30.3 Å². The molecule has 0 unspecified atom stereocenters. The second-order valence-electron chi connectivity index (χ2n) is 2.19. The maximum atomic E-state index is 10.2. The number of aliphatic carboxylic acids is 1. The van der Waals surface area contributed by atoms with Crippen LogP contribution in [0.4, 0.5) is 0 Å². The molecule has 0 aromatic carbocycles. The molecule has 0 aliphatic heterocycles. The Balaban J connectivity index is 5.87. The van der Waals surface area contributed by atoms with Crippen molar-refractivity contribution in [3.05, 3.63) is 42.5 Å². The molecule has 11 heteroatoms. The van der Waals surface area contributed by atoms with E-state index in [0.29, 0.717) is 0 Å². The van der Waals surface area contributed by atoms with Crippen molar-refractivity contribution in [3.8, 4) is 0 Å². The summed E-state index contributed by atoms with van der Waals surface area (Å²) in [5.41, 5.74) is -1.75. The Morgan fingerprint density at radius 2 is 1.33 bits per heavy atom. The lowest BCUT2D eigenvalue weighted by atomic mass is 10.1. The van der Waals surface area contributed by atoms with Gasteiger partial charge in [-0.1, -0.05) is 6.58 Å². The third-order valence-electron chi connectivity index (χ3n) is 1.43. The second-order valence-corrected chi connectivity index (χ2v) is 2.19. The molecule has 0 fully saturated rings. The number of carboxylic acid groups (broad SMARTS) is 1. The minimum absolute atomic E-state index is 1.75. The van der Waals surface area contributed by atoms with Crippen molar-refractivity contribution < 1.29 is 24.7 Å². The SMILES string of the molecule is C=C(C(=O)O)C([N+](=O)[O-])([N+](=O)[O-])[N+](=O)[O-]. The molecule has 0 spiro atoms. The van der Waals surface area contributed by atoms with Crippen LogP contribution in [0.25, 0.3) is 0 Å². The Morgan fingerprint density at radius 1 is 1.07 bits per heavy atom. The molecule has 0 amide bonds. The van der Waals surface area contributed by atoms with Crippen molar-refractivity contribution in [2.45, 2.75) is 5.79 Å². The van der Waals surface area contributed by atoms with Crippen LogP contribution in [-0.2, 0) is 4.79 Å². The first-order chi connectivity index (χ1) is 6.68. The van der Waals surface area contributed by atoms with E-state index in [0.717, 1.165) is 0 Å². The maximum Gasteiger partial charge on any atom is 0.735 e. The molecule has 0 saturated heterocycles. The summed E-state index contributed by atoms with van der Waals surface area (Å²) in [6, 6.07) is 0. The number of nitro groups is 3. The molecule has 0 aliphatic rings. The molecule has 15 heavy (non-hydrogen) atoms. The summed E-state index contributed by atoms with van der Waals surface area (Å²) in [6.45, 7) is 2.47. The average molecular weight is 221 g/mol. The zero-order valence-corrected chi connectivity index (χ0v) is 6.85. The van der Waals surface area contributed by atoms with E-state index in [1.807, 2.05) is 0 Å². The van der Waals surface area contributed by atoms with E-state index in [2.05, 4.69) is 6.58 Å².